The molecule has 0 aromatic rings. The maximum absolute atomic E-state index is 10.1. The van der Waals surface area contributed by atoms with Crippen molar-refractivity contribution in [3.05, 3.63) is 0 Å². The van der Waals surface area contributed by atoms with Crippen LogP contribution < -0.4 is 20.4 Å². The first-order valence-corrected chi connectivity index (χ1v) is 6.82. The molecule has 0 aromatic heterocycles. The van der Waals surface area contributed by atoms with Gasteiger partial charge in [-0.25, -0.2) is 0 Å². The molecular formula is C16H36MnO4-4. The van der Waals surface area contributed by atoms with E-state index < -0.39 is 22.4 Å². The molecule has 0 aliphatic carbocycles. The van der Waals surface area contributed by atoms with E-state index in [1.54, 1.807) is 83.1 Å². The standard InChI is InChI=1S/4C4H9O.Mn/c4*1-4(2,3)5;/h4*1-3H3;/q4*-1;. The van der Waals surface area contributed by atoms with E-state index in [9.17, 15) is 20.4 Å². The summed E-state index contributed by atoms with van der Waals surface area (Å²) in [4.78, 5) is 0. The van der Waals surface area contributed by atoms with Crippen LogP contribution in [-0.2, 0) is 17.1 Å². The minimum Gasteiger partial charge on any atom is -0.850 e. The molecule has 4 nitrogen and oxygen atoms in total. The zero-order valence-electron chi connectivity index (χ0n) is 16.0. The molecule has 21 heavy (non-hydrogen) atoms. The van der Waals surface area contributed by atoms with Crippen LogP contribution in [0.3, 0.4) is 0 Å². The van der Waals surface area contributed by atoms with Gasteiger partial charge in [-0.05, 0) is 0 Å². The predicted molar refractivity (Wildman–Crippen MR) is 79.0 cm³/mol. The second-order valence-electron chi connectivity index (χ2n) is 8.45. The Morgan fingerprint density at radius 1 is 0.333 bits per heavy atom. The Bertz CT molecular complexity index is 130. The van der Waals surface area contributed by atoms with E-state index in [4.69, 9.17) is 0 Å². The molecule has 0 rings (SSSR count). The Balaban J connectivity index is -0.0000000533. The van der Waals surface area contributed by atoms with Gasteiger partial charge in [0.25, 0.3) is 0 Å². The molecule has 0 N–H and O–H groups in total. The molecule has 0 saturated carbocycles. The zero-order valence-corrected chi connectivity index (χ0v) is 17.2. The average Bonchev–Trinajstić information content (AvgIpc) is 1.62. The van der Waals surface area contributed by atoms with Crippen molar-refractivity contribution in [1.82, 2.24) is 0 Å². The van der Waals surface area contributed by atoms with Gasteiger partial charge in [0.15, 0.2) is 0 Å². The Morgan fingerprint density at radius 2 is 0.333 bits per heavy atom. The van der Waals surface area contributed by atoms with E-state index in [0.29, 0.717) is 0 Å². The van der Waals surface area contributed by atoms with E-state index in [0.717, 1.165) is 0 Å². The van der Waals surface area contributed by atoms with Gasteiger partial charge in [0.05, 0.1) is 0 Å². The third-order valence-electron chi connectivity index (χ3n) is 0. The van der Waals surface area contributed by atoms with Crippen LogP contribution in [0.5, 0.6) is 0 Å². The fourth-order valence-electron chi connectivity index (χ4n) is 0. The SMILES string of the molecule is CC(C)(C)[O-].CC(C)(C)[O-].CC(C)(C)[O-].CC(C)(C)[O-].[Mn]. The summed E-state index contributed by atoms with van der Waals surface area (Å²) in [5.74, 6) is 0. The minimum absolute atomic E-state index is 0. The predicted octanol–water partition coefficient (Wildman–Crippen LogP) is 0.578. The van der Waals surface area contributed by atoms with Crippen LogP contribution in [0, 0.1) is 0 Å². The molecule has 0 atom stereocenters. The van der Waals surface area contributed by atoms with E-state index in [2.05, 4.69) is 0 Å². The van der Waals surface area contributed by atoms with Crippen LogP contribution >= 0.6 is 0 Å². The van der Waals surface area contributed by atoms with Gasteiger partial charge in [0, 0.05) is 17.1 Å². The molecule has 5 heteroatoms. The maximum Gasteiger partial charge on any atom is 0 e. The van der Waals surface area contributed by atoms with Gasteiger partial charge in [-0.1, -0.05) is 83.1 Å². The molecule has 1 radical (unpaired) electrons. The summed E-state index contributed by atoms with van der Waals surface area (Å²) >= 11 is 0. The van der Waals surface area contributed by atoms with Gasteiger partial charge in [-0.3, -0.25) is 0 Å². The third-order valence-corrected chi connectivity index (χ3v) is 0. The smallest absolute Gasteiger partial charge is 0 e. The molecule has 135 valence electrons. The Hall–Kier alpha value is 0.359. The zero-order chi connectivity index (χ0) is 18.0. The fraction of sp³-hybridized carbons (Fsp3) is 1.00. The monoisotopic (exact) mass is 347 g/mol. The van der Waals surface area contributed by atoms with Crippen LogP contribution in [-0.4, -0.2) is 22.4 Å². The first kappa shape index (κ1) is 33.1. The first-order chi connectivity index (χ1) is 8.00. The summed E-state index contributed by atoms with van der Waals surface area (Å²) in [5, 5.41) is 40.4. The molecule has 0 amide bonds. The molecule has 0 aliphatic rings. The Labute approximate surface area is 143 Å². The average molecular weight is 347 g/mol. The quantitative estimate of drug-likeness (QED) is 0.599. The molecular weight excluding hydrogens is 311 g/mol. The molecule has 0 aromatic carbocycles. The van der Waals surface area contributed by atoms with Crippen molar-refractivity contribution < 1.29 is 37.5 Å². The molecule has 0 unspecified atom stereocenters. The molecule has 0 saturated heterocycles. The molecule has 0 bridgehead atoms. The van der Waals surface area contributed by atoms with E-state index >= 15 is 0 Å². The number of hydrogen-bond acceptors (Lipinski definition) is 4. The summed E-state index contributed by atoms with van der Waals surface area (Å²) in [7, 11) is 0. The molecule has 0 heterocycles. The van der Waals surface area contributed by atoms with E-state index in [1.165, 1.54) is 0 Å². The van der Waals surface area contributed by atoms with Crippen LogP contribution in [0.2, 0.25) is 0 Å². The van der Waals surface area contributed by atoms with Crippen molar-refractivity contribution in [2.75, 3.05) is 0 Å². The van der Waals surface area contributed by atoms with Crippen molar-refractivity contribution in [3.63, 3.8) is 0 Å². The Morgan fingerprint density at radius 3 is 0.333 bits per heavy atom. The van der Waals surface area contributed by atoms with E-state index in [-0.39, 0.29) is 17.1 Å². The Kier molecular flexibility index (Phi) is 20.3. The number of rotatable bonds is 0. The molecule has 0 aliphatic heterocycles. The van der Waals surface area contributed by atoms with Gasteiger partial charge >= 0.3 is 0 Å². The fourth-order valence-corrected chi connectivity index (χ4v) is 0. The van der Waals surface area contributed by atoms with Crippen LogP contribution in [0.15, 0.2) is 0 Å². The van der Waals surface area contributed by atoms with Gasteiger partial charge in [-0.15, -0.1) is 22.4 Å². The van der Waals surface area contributed by atoms with Crippen LogP contribution in [0.25, 0.3) is 0 Å². The summed E-state index contributed by atoms with van der Waals surface area (Å²) < 4.78 is 0. The van der Waals surface area contributed by atoms with Gasteiger partial charge in [0.1, 0.15) is 0 Å². The number of hydrogen-bond donors (Lipinski definition) is 0. The summed E-state index contributed by atoms with van der Waals surface area (Å²) in [5.41, 5.74) is -3.00. The third kappa shape index (κ3) is 53100. The van der Waals surface area contributed by atoms with Crippen molar-refractivity contribution in [1.29, 1.82) is 0 Å². The van der Waals surface area contributed by atoms with Crippen molar-refractivity contribution in [2.24, 2.45) is 0 Å². The first-order valence-electron chi connectivity index (χ1n) is 6.82. The van der Waals surface area contributed by atoms with Crippen molar-refractivity contribution in [3.8, 4) is 0 Å². The topological polar surface area (TPSA) is 92.2 Å². The van der Waals surface area contributed by atoms with Crippen LogP contribution in [0.4, 0.5) is 0 Å². The molecule has 0 fully saturated rings. The summed E-state index contributed by atoms with van der Waals surface area (Å²) in [6.45, 7) is 19.6. The summed E-state index contributed by atoms with van der Waals surface area (Å²) in [6, 6.07) is 0. The minimum atomic E-state index is -0.750. The van der Waals surface area contributed by atoms with Gasteiger partial charge < -0.3 is 20.4 Å². The second kappa shape index (κ2) is 12.9. The van der Waals surface area contributed by atoms with Crippen molar-refractivity contribution >= 4 is 0 Å². The van der Waals surface area contributed by atoms with Gasteiger partial charge in [-0.2, -0.15) is 0 Å². The normalized spacial score (nSPS) is 11.4. The molecule has 0 spiro atoms. The maximum atomic E-state index is 10.1. The van der Waals surface area contributed by atoms with Gasteiger partial charge in [0.2, 0.25) is 0 Å². The second-order valence-corrected chi connectivity index (χ2v) is 8.45. The van der Waals surface area contributed by atoms with Crippen LogP contribution in [0.1, 0.15) is 83.1 Å². The van der Waals surface area contributed by atoms with E-state index in [1.807, 2.05) is 0 Å². The largest absolute Gasteiger partial charge is 0.850 e. The summed E-state index contributed by atoms with van der Waals surface area (Å²) in [6.07, 6.45) is 0. The van der Waals surface area contributed by atoms with Crippen molar-refractivity contribution in [2.45, 2.75) is 105 Å².